The summed E-state index contributed by atoms with van der Waals surface area (Å²) < 4.78 is 2.00. The highest BCUT2D eigenvalue weighted by molar-refractivity contribution is 7.99. The Morgan fingerprint density at radius 3 is 2.94 bits per heavy atom. The fourth-order valence-corrected chi connectivity index (χ4v) is 5.52. The highest BCUT2D eigenvalue weighted by Crippen LogP contribution is 2.33. The Balaban J connectivity index is 1.41. The first-order valence-corrected chi connectivity index (χ1v) is 12.0. The highest BCUT2D eigenvalue weighted by atomic mass is 32.2. The molecule has 1 fully saturated rings. The number of aromatic nitrogens is 3. The van der Waals surface area contributed by atoms with Gasteiger partial charge in [-0.2, -0.15) is 11.8 Å². The van der Waals surface area contributed by atoms with Crippen LogP contribution in [0.1, 0.15) is 24.8 Å². The van der Waals surface area contributed by atoms with Crippen molar-refractivity contribution in [2.45, 2.75) is 37.8 Å². The van der Waals surface area contributed by atoms with Crippen LogP contribution in [-0.2, 0) is 22.6 Å². The predicted molar refractivity (Wildman–Crippen MR) is 124 cm³/mol. The summed E-state index contributed by atoms with van der Waals surface area (Å²) in [7, 11) is 0. The first-order chi connectivity index (χ1) is 15.2. The number of hydrogen-bond acceptors (Lipinski definition) is 4. The third-order valence-corrected chi connectivity index (χ3v) is 7.14. The Morgan fingerprint density at radius 1 is 1.32 bits per heavy atom. The summed E-state index contributed by atoms with van der Waals surface area (Å²) in [6, 6.07) is 8.17. The van der Waals surface area contributed by atoms with Gasteiger partial charge in [0.1, 0.15) is 5.54 Å². The van der Waals surface area contributed by atoms with Crippen LogP contribution < -0.4 is 5.32 Å². The summed E-state index contributed by atoms with van der Waals surface area (Å²) >= 11 is 1.85. The van der Waals surface area contributed by atoms with Gasteiger partial charge in [0.2, 0.25) is 12.3 Å². The zero-order valence-corrected chi connectivity index (χ0v) is 18.4. The van der Waals surface area contributed by atoms with Crippen LogP contribution in [0.15, 0.2) is 49.2 Å². The molecule has 164 valence electrons. The molecule has 1 aromatic carbocycles. The Bertz CT molecular complexity index is 994. The standard InChI is InChI=1S/C23H29N5O2S/c29-18-28(12-6-19-16-26-21-5-2-1-4-20(19)21)23(7-14-31-15-8-23)22(30)25-9-3-11-27-13-10-24-17-27/h1-2,4-5,10,13,16-18,26H,3,6-9,11-12,14-15H2,(H,25,30). The van der Waals surface area contributed by atoms with E-state index in [-0.39, 0.29) is 5.91 Å². The minimum absolute atomic E-state index is 0.0237. The molecule has 7 nitrogen and oxygen atoms in total. The number of aryl methyl sites for hydroxylation is 1. The van der Waals surface area contributed by atoms with E-state index in [1.165, 1.54) is 10.9 Å². The van der Waals surface area contributed by atoms with Gasteiger partial charge in [-0.15, -0.1) is 0 Å². The first-order valence-electron chi connectivity index (χ1n) is 10.8. The number of thioether (sulfide) groups is 1. The molecule has 2 amide bonds. The van der Waals surface area contributed by atoms with Gasteiger partial charge < -0.3 is 19.8 Å². The van der Waals surface area contributed by atoms with Crippen molar-refractivity contribution in [2.75, 3.05) is 24.6 Å². The molecule has 4 rings (SSSR count). The number of nitrogens with zero attached hydrogens (tertiary/aromatic N) is 3. The van der Waals surface area contributed by atoms with Crippen LogP contribution in [0.2, 0.25) is 0 Å². The van der Waals surface area contributed by atoms with Crippen molar-refractivity contribution in [1.29, 1.82) is 0 Å². The molecule has 2 aromatic heterocycles. The van der Waals surface area contributed by atoms with Crippen LogP contribution in [0, 0.1) is 0 Å². The van der Waals surface area contributed by atoms with Gasteiger partial charge >= 0.3 is 0 Å². The molecule has 0 unspecified atom stereocenters. The number of hydrogen-bond donors (Lipinski definition) is 2. The lowest BCUT2D eigenvalue weighted by Crippen LogP contribution is -2.60. The van der Waals surface area contributed by atoms with Crippen molar-refractivity contribution in [3.8, 4) is 0 Å². The maximum absolute atomic E-state index is 13.3. The zero-order chi connectivity index (χ0) is 21.5. The second-order valence-electron chi connectivity index (χ2n) is 7.96. The molecule has 1 saturated heterocycles. The van der Waals surface area contributed by atoms with Crippen LogP contribution in [0.5, 0.6) is 0 Å². The summed E-state index contributed by atoms with van der Waals surface area (Å²) in [5.41, 5.74) is 1.51. The molecule has 31 heavy (non-hydrogen) atoms. The predicted octanol–water partition coefficient (Wildman–Crippen LogP) is 2.84. The van der Waals surface area contributed by atoms with Crippen molar-refractivity contribution in [1.82, 2.24) is 24.8 Å². The molecule has 3 aromatic rings. The van der Waals surface area contributed by atoms with Gasteiger partial charge in [-0.3, -0.25) is 9.59 Å². The molecule has 1 aliphatic heterocycles. The number of benzene rings is 1. The van der Waals surface area contributed by atoms with E-state index in [0.717, 1.165) is 36.4 Å². The number of amides is 2. The SMILES string of the molecule is O=CN(CCc1c[nH]c2ccccc12)C1(C(=O)NCCCn2ccnc2)CCSCC1. The maximum atomic E-state index is 13.3. The van der Waals surface area contributed by atoms with E-state index in [1.807, 2.05) is 46.9 Å². The smallest absolute Gasteiger partial charge is 0.246 e. The lowest BCUT2D eigenvalue weighted by molar-refractivity contribution is -0.141. The van der Waals surface area contributed by atoms with Crippen molar-refractivity contribution in [3.63, 3.8) is 0 Å². The van der Waals surface area contributed by atoms with E-state index in [9.17, 15) is 9.59 Å². The molecule has 0 aliphatic carbocycles. The van der Waals surface area contributed by atoms with Gasteiger partial charge in [-0.05, 0) is 48.8 Å². The van der Waals surface area contributed by atoms with Crippen molar-refractivity contribution >= 4 is 35.0 Å². The van der Waals surface area contributed by atoms with Crippen molar-refractivity contribution < 1.29 is 9.59 Å². The van der Waals surface area contributed by atoms with E-state index < -0.39 is 5.54 Å². The van der Waals surface area contributed by atoms with Crippen LogP contribution in [0.4, 0.5) is 0 Å². The van der Waals surface area contributed by atoms with Gasteiger partial charge in [-0.1, -0.05) is 18.2 Å². The summed E-state index contributed by atoms with van der Waals surface area (Å²) in [6.45, 7) is 1.92. The van der Waals surface area contributed by atoms with E-state index >= 15 is 0 Å². The first kappa shape index (κ1) is 21.5. The minimum atomic E-state index is -0.756. The number of fused-ring (bicyclic) bond motifs is 1. The Morgan fingerprint density at radius 2 is 2.16 bits per heavy atom. The fourth-order valence-electron chi connectivity index (χ4n) is 4.35. The quantitative estimate of drug-likeness (QED) is 0.376. The van der Waals surface area contributed by atoms with Gasteiger partial charge in [0.15, 0.2) is 0 Å². The van der Waals surface area contributed by atoms with E-state index in [4.69, 9.17) is 0 Å². The number of carbonyl (C=O) groups is 2. The molecule has 0 spiro atoms. The van der Waals surface area contributed by atoms with Gasteiger partial charge in [-0.25, -0.2) is 4.98 Å². The minimum Gasteiger partial charge on any atom is -0.361 e. The van der Waals surface area contributed by atoms with Crippen molar-refractivity contribution in [3.05, 3.63) is 54.7 Å². The monoisotopic (exact) mass is 439 g/mol. The number of nitrogens with one attached hydrogen (secondary N) is 2. The van der Waals surface area contributed by atoms with E-state index in [1.54, 1.807) is 17.4 Å². The summed E-state index contributed by atoms with van der Waals surface area (Å²) in [6.07, 6.45) is 11.2. The number of carbonyl (C=O) groups excluding carboxylic acids is 2. The van der Waals surface area contributed by atoms with Crippen LogP contribution >= 0.6 is 11.8 Å². The normalized spacial score (nSPS) is 15.6. The molecule has 3 heterocycles. The Kier molecular flexibility index (Phi) is 6.96. The number of para-hydroxylation sites is 1. The number of imidazole rings is 1. The van der Waals surface area contributed by atoms with Gasteiger partial charge in [0.25, 0.3) is 0 Å². The molecule has 0 saturated carbocycles. The van der Waals surface area contributed by atoms with Crippen LogP contribution in [0.25, 0.3) is 10.9 Å². The Labute approximate surface area is 186 Å². The van der Waals surface area contributed by atoms with E-state index in [2.05, 4.69) is 21.4 Å². The molecule has 0 atom stereocenters. The number of aromatic amines is 1. The van der Waals surface area contributed by atoms with Gasteiger partial charge in [0.05, 0.1) is 6.33 Å². The molecular formula is C23H29N5O2S. The zero-order valence-electron chi connectivity index (χ0n) is 17.6. The lowest BCUT2D eigenvalue weighted by Gasteiger charge is -2.43. The van der Waals surface area contributed by atoms with E-state index in [0.29, 0.717) is 32.4 Å². The highest BCUT2D eigenvalue weighted by Gasteiger charge is 2.44. The third-order valence-electron chi connectivity index (χ3n) is 6.15. The molecule has 0 bridgehead atoms. The lowest BCUT2D eigenvalue weighted by atomic mass is 9.88. The number of H-pyrrole nitrogens is 1. The Hall–Kier alpha value is -2.74. The third kappa shape index (κ3) is 4.79. The largest absolute Gasteiger partial charge is 0.361 e. The molecule has 8 heteroatoms. The second-order valence-corrected chi connectivity index (χ2v) is 9.19. The van der Waals surface area contributed by atoms with Crippen LogP contribution in [0.3, 0.4) is 0 Å². The summed E-state index contributed by atoms with van der Waals surface area (Å²) in [4.78, 5) is 34.5. The maximum Gasteiger partial charge on any atom is 0.246 e. The molecule has 2 N–H and O–H groups in total. The van der Waals surface area contributed by atoms with Crippen LogP contribution in [-0.4, -0.2) is 61.9 Å². The summed E-state index contributed by atoms with van der Waals surface area (Å²) in [5, 5.41) is 4.28. The number of rotatable bonds is 10. The molecule has 0 radical (unpaired) electrons. The second kappa shape index (κ2) is 10.0. The van der Waals surface area contributed by atoms with Crippen molar-refractivity contribution in [2.24, 2.45) is 0 Å². The average molecular weight is 440 g/mol. The average Bonchev–Trinajstić information content (AvgIpc) is 3.48. The topological polar surface area (TPSA) is 83.0 Å². The molecule has 1 aliphatic rings. The van der Waals surface area contributed by atoms with Gasteiger partial charge in [0, 0.05) is 49.1 Å². The molecular weight excluding hydrogens is 410 g/mol. The summed E-state index contributed by atoms with van der Waals surface area (Å²) in [5.74, 6) is 1.75. The fraction of sp³-hybridized carbons (Fsp3) is 0.435.